The molecule has 0 spiro atoms. The van der Waals surface area contributed by atoms with Crippen LogP contribution < -0.4 is 0 Å². The molecule has 0 unspecified atom stereocenters. The van der Waals surface area contributed by atoms with Crippen LogP contribution in [0.2, 0.25) is 0 Å². The normalized spacial score (nSPS) is 16.8. The first kappa shape index (κ1) is 10.9. The van der Waals surface area contributed by atoms with Gasteiger partial charge in [0.05, 0.1) is 5.41 Å². The highest BCUT2D eigenvalue weighted by atomic mass is 16.4. The first-order valence-electron chi connectivity index (χ1n) is 5.47. The number of Topliss-reactive ketones (excluding diaryl/α,β-unsaturated/α-hetero) is 1. The van der Waals surface area contributed by atoms with Crippen molar-refractivity contribution >= 4 is 11.8 Å². The van der Waals surface area contributed by atoms with Gasteiger partial charge in [0.2, 0.25) is 0 Å². The summed E-state index contributed by atoms with van der Waals surface area (Å²) in [5, 5.41) is 9.16. The molecule has 84 valence electrons. The lowest BCUT2D eigenvalue weighted by atomic mass is 9.93. The van der Waals surface area contributed by atoms with Crippen molar-refractivity contribution in [3.63, 3.8) is 0 Å². The molecule has 0 radical (unpaired) electrons. The number of carboxylic acids is 1. The maximum Gasteiger partial charge on any atom is 0.314 e. The van der Waals surface area contributed by atoms with Gasteiger partial charge < -0.3 is 5.11 Å². The second kappa shape index (κ2) is 3.74. The minimum absolute atomic E-state index is 0.0584. The predicted molar refractivity (Wildman–Crippen MR) is 59.6 cm³/mol. The Balaban J connectivity index is 2.37. The molecule has 16 heavy (non-hydrogen) atoms. The van der Waals surface area contributed by atoms with Crippen molar-refractivity contribution in [3.05, 3.63) is 35.4 Å². The van der Waals surface area contributed by atoms with E-state index in [1.165, 1.54) is 0 Å². The predicted octanol–water partition coefficient (Wildman–Crippen LogP) is 2.40. The van der Waals surface area contributed by atoms with Gasteiger partial charge >= 0.3 is 5.97 Å². The summed E-state index contributed by atoms with van der Waals surface area (Å²) in [7, 11) is 0. The van der Waals surface area contributed by atoms with Crippen molar-refractivity contribution in [2.24, 2.45) is 0 Å². The van der Waals surface area contributed by atoms with Crippen LogP contribution in [-0.2, 0) is 10.2 Å². The number of ketones is 1. The largest absolute Gasteiger partial charge is 0.481 e. The maximum absolute atomic E-state index is 11.5. The molecular weight excluding hydrogens is 204 g/mol. The van der Waals surface area contributed by atoms with E-state index in [-0.39, 0.29) is 5.78 Å². The van der Waals surface area contributed by atoms with Crippen molar-refractivity contribution < 1.29 is 14.7 Å². The summed E-state index contributed by atoms with van der Waals surface area (Å²) in [5.74, 6) is -0.725. The van der Waals surface area contributed by atoms with Gasteiger partial charge in [-0.25, -0.2) is 0 Å². The van der Waals surface area contributed by atoms with Crippen molar-refractivity contribution in [3.8, 4) is 0 Å². The van der Waals surface area contributed by atoms with Crippen LogP contribution in [-0.4, -0.2) is 16.9 Å². The first-order valence-corrected chi connectivity index (χ1v) is 5.47. The van der Waals surface area contributed by atoms with Crippen LogP contribution >= 0.6 is 0 Å². The Labute approximate surface area is 94.1 Å². The number of rotatable bonds is 4. The van der Waals surface area contributed by atoms with E-state index in [0.717, 1.165) is 5.56 Å². The van der Waals surface area contributed by atoms with Crippen LogP contribution in [0, 0.1) is 0 Å². The third-order valence-electron chi connectivity index (χ3n) is 3.22. The molecule has 0 heterocycles. The highest BCUT2D eigenvalue weighted by molar-refractivity contribution is 5.96. The molecule has 1 aliphatic rings. The molecule has 1 aliphatic carbocycles. The van der Waals surface area contributed by atoms with E-state index in [4.69, 9.17) is 5.11 Å². The van der Waals surface area contributed by atoms with E-state index in [1.54, 1.807) is 31.2 Å². The van der Waals surface area contributed by atoms with Gasteiger partial charge in [0.25, 0.3) is 0 Å². The molecule has 1 saturated carbocycles. The molecule has 0 aromatic heterocycles. The van der Waals surface area contributed by atoms with Crippen LogP contribution in [0.5, 0.6) is 0 Å². The van der Waals surface area contributed by atoms with Gasteiger partial charge in [-0.05, 0) is 24.5 Å². The number of carboxylic acid groups (broad SMARTS) is 1. The van der Waals surface area contributed by atoms with Gasteiger partial charge in [-0.2, -0.15) is 0 Å². The molecule has 0 amide bonds. The zero-order chi connectivity index (χ0) is 11.8. The molecule has 0 saturated heterocycles. The number of hydrogen-bond acceptors (Lipinski definition) is 2. The lowest BCUT2D eigenvalue weighted by Crippen LogP contribution is -2.19. The highest BCUT2D eigenvalue weighted by Gasteiger charge is 2.51. The number of carbonyl (C=O) groups excluding carboxylic acids is 1. The summed E-state index contributed by atoms with van der Waals surface area (Å²) in [6.45, 7) is 1.80. The van der Waals surface area contributed by atoms with Crippen molar-refractivity contribution in [1.82, 2.24) is 0 Å². The van der Waals surface area contributed by atoms with Gasteiger partial charge in [-0.3, -0.25) is 9.59 Å². The quantitative estimate of drug-likeness (QED) is 0.789. The molecule has 0 atom stereocenters. The average molecular weight is 218 g/mol. The molecule has 2 rings (SSSR count). The second-order valence-corrected chi connectivity index (χ2v) is 4.24. The van der Waals surface area contributed by atoms with Crippen LogP contribution in [0.25, 0.3) is 0 Å². The van der Waals surface area contributed by atoms with E-state index in [0.29, 0.717) is 24.8 Å². The molecule has 0 bridgehead atoms. The molecule has 1 aromatic carbocycles. The summed E-state index contributed by atoms with van der Waals surface area (Å²) in [6.07, 6.45) is 1.79. The minimum atomic E-state index is -0.784. The Bertz CT molecular complexity index is 444. The first-order chi connectivity index (χ1) is 7.60. The molecule has 1 aromatic rings. The number of aliphatic carboxylic acids is 1. The lowest BCUT2D eigenvalue weighted by Gasteiger charge is -2.10. The zero-order valence-corrected chi connectivity index (χ0v) is 9.19. The van der Waals surface area contributed by atoms with Crippen LogP contribution in [0.3, 0.4) is 0 Å². The smallest absolute Gasteiger partial charge is 0.314 e. The second-order valence-electron chi connectivity index (χ2n) is 4.24. The van der Waals surface area contributed by atoms with E-state index >= 15 is 0 Å². The van der Waals surface area contributed by atoms with Gasteiger partial charge in [-0.1, -0.05) is 25.1 Å². The van der Waals surface area contributed by atoms with E-state index in [2.05, 4.69) is 0 Å². The fourth-order valence-corrected chi connectivity index (χ4v) is 1.95. The van der Waals surface area contributed by atoms with Crippen molar-refractivity contribution in [1.29, 1.82) is 0 Å². The molecule has 3 heteroatoms. The van der Waals surface area contributed by atoms with Crippen LogP contribution in [0.4, 0.5) is 0 Å². The van der Waals surface area contributed by atoms with Gasteiger partial charge in [0, 0.05) is 12.0 Å². The minimum Gasteiger partial charge on any atom is -0.481 e. The molecule has 1 N–H and O–H groups in total. The topological polar surface area (TPSA) is 54.4 Å². The molecule has 1 fully saturated rings. The average Bonchev–Trinajstić information content (AvgIpc) is 3.09. The van der Waals surface area contributed by atoms with Gasteiger partial charge in [0.15, 0.2) is 5.78 Å². The third kappa shape index (κ3) is 1.62. The summed E-state index contributed by atoms with van der Waals surface area (Å²) in [5.41, 5.74) is 0.663. The van der Waals surface area contributed by atoms with E-state index in [9.17, 15) is 9.59 Å². The Hall–Kier alpha value is -1.64. The summed E-state index contributed by atoms with van der Waals surface area (Å²) >= 11 is 0. The standard InChI is InChI=1S/C13H14O3/c1-2-11(14)9-4-3-5-10(8-9)13(6-7-13)12(15)16/h3-5,8H,2,6-7H2,1H3,(H,15,16). The molecular formula is C13H14O3. The summed E-state index contributed by atoms with van der Waals surface area (Å²) < 4.78 is 0. The molecule has 0 aliphatic heterocycles. The number of carbonyl (C=O) groups is 2. The van der Waals surface area contributed by atoms with Crippen molar-refractivity contribution in [2.45, 2.75) is 31.6 Å². The van der Waals surface area contributed by atoms with Gasteiger partial charge in [0.1, 0.15) is 0 Å². The van der Waals surface area contributed by atoms with E-state index in [1.807, 2.05) is 0 Å². The fraction of sp³-hybridized carbons (Fsp3) is 0.385. The zero-order valence-electron chi connectivity index (χ0n) is 9.19. The SMILES string of the molecule is CCC(=O)c1cccc(C2(C(=O)O)CC2)c1. The maximum atomic E-state index is 11.5. The Morgan fingerprint density at radius 2 is 2.06 bits per heavy atom. The van der Waals surface area contributed by atoms with Crippen LogP contribution in [0.1, 0.15) is 42.1 Å². The third-order valence-corrected chi connectivity index (χ3v) is 3.22. The monoisotopic (exact) mass is 218 g/mol. The Kier molecular flexibility index (Phi) is 2.54. The van der Waals surface area contributed by atoms with Crippen LogP contribution in [0.15, 0.2) is 24.3 Å². The Morgan fingerprint density at radius 3 is 2.56 bits per heavy atom. The number of benzene rings is 1. The number of hydrogen-bond donors (Lipinski definition) is 1. The van der Waals surface area contributed by atoms with Gasteiger partial charge in [-0.15, -0.1) is 0 Å². The fourth-order valence-electron chi connectivity index (χ4n) is 1.95. The lowest BCUT2D eigenvalue weighted by molar-refractivity contribution is -0.140. The summed E-state index contributed by atoms with van der Waals surface area (Å²) in [6, 6.07) is 7.04. The highest BCUT2D eigenvalue weighted by Crippen LogP contribution is 2.48. The van der Waals surface area contributed by atoms with E-state index < -0.39 is 11.4 Å². The summed E-state index contributed by atoms with van der Waals surface area (Å²) in [4.78, 5) is 22.7. The molecule has 3 nitrogen and oxygen atoms in total. The van der Waals surface area contributed by atoms with Crippen molar-refractivity contribution in [2.75, 3.05) is 0 Å². The Morgan fingerprint density at radius 1 is 1.38 bits per heavy atom.